The highest BCUT2D eigenvalue weighted by Gasteiger charge is 2.10. The molecule has 3 rings (SSSR count). The monoisotopic (exact) mass is 267 g/mol. The minimum Gasteiger partial charge on any atom is -0.313 e. The molecule has 0 saturated carbocycles. The van der Waals surface area contributed by atoms with Crippen LogP contribution >= 0.6 is 11.3 Å². The number of likely N-dealkylation sites (N-methyl/N-ethyl adjacent to an activating group) is 1. The first-order chi connectivity index (χ1) is 9.36. The quantitative estimate of drug-likeness (QED) is 0.738. The second kappa shape index (κ2) is 5.55. The number of hydrogen-bond acceptors (Lipinski definition) is 2. The SMILES string of the molecule is CNC(Cc1ccsc1)c1ccc2ccccc2c1. The van der Waals surface area contributed by atoms with E-state index in [0.717, 1.165) is 6.42 Å². The van der Waals surface area contributed by atoms with Gasteiger partial charge in [-0.1, -0.05) is 36.4 Å². The van der Waals surface area contributed by atoms with Crippen molar-refractivity contribution in [2.45, 2.75) is 12.5 Å². The molecule has 96 valence electrons. The Balaban J connectivity index is 1.92. The fourth-order valence-corrected chi connectivity index (χ4v) is 3.14. The molecule has 1 nitrogen and oxygen atoms in total. The first-order valence-electron chi connectivity index (χ1n) is 6.54. The second-order valence-corrected chi connectivity index (χ2v) is 5.56. The molecule has 19 heavy (non-hydrogen) atoms. The van der Waals surface area contributed by atoms with Crippen molar-refractivity contribution in [1.29, 1.82) is 0 Å². The summed E-state index contributed by atoms with van der Waals surface area (Å²) in [6.07, 6.45) is 1.04. The average Bonchev–Trinajstić information content (AvgIpc) is 2.97. The number of fused-ring (bicyclic) bond motifs is 1. The standard InChI is InChI=1S/C17H17NS/c1-18-17(10-13-8-9-19-12-13)16-7-6-14-4-2-3-5-15(14)11-16/h2-9,11-12,17-18H,10H2,1H3. The molecule has 2 heteroatoms. The van der Waals surface area contributed by atoms with E-state index >= 15 is 0 Å². The van der Waals surface area contributed by atoms with Crippen LogP contribution in [0.2, 0.25) is 0 Å². The Labute approximate surface area is 117 Å². The summed E-state index contributed by atoms with van der Waals surface area (Å²) >= 11 is 1.76. The molecule has 1 heterocycles. The zero-order valence-electron chi connectivity index (χ0n) is 11.0. The first-order valence-corrected chi connectivity index (χ1v) is 7.48. The summed E-state index contributed by atoms with van der Waals surface area (Å²) in [5.41, 5.74) is 2.75. The zero-order chi connectivity index (χ0) is 13.1. The van der Waals surface area contributed by atoms with Gasteiger partial charge in [0.05, 0.1) is 0 Å². The lowest BCUT2D eigenvalue weighted by atomic mass is 9.98. The van der Waals surface area contributed by atoms with Crippen molar-refractivity contribution in [2.75, 3.05) is 7.05 Å². The molecule has 0 bridgehead atoms. The van der Waals surface area contributed by atoms with E-state index in [-0.39, 0.29) is 0 Å². The van der Waals surface area contributed by atoms with E-state index in [1.807, 2.05) is 7.05 Å². The first kappa shape index (κ1) is 12.4. The smallest absolute Gasteiger partial charge is 0.0358 e. The third-order valence-corrected chi connectivity index (χ3v) is 4.28. The summed E-state index contributed by atoms with van der Waals surface area (Å²) in [5.74, 6) is 0. The largest absolute Gasteiger partial charge is 0.313 e. The molecule has 0 amide bonds. The topological polar surface area (TPSA) is 12.0 Å². The van der Waals surface area contributed by atoms with Gasteiger partial charge in [0.25, 0.3) is 0 Å². The van der Waals surface area contributed by atoms with Gasteiger partial charge >= 0.3 is 0 Å². The van der Waals surface area contributed by atoms with Crippen LogP contribution in [0.4, 0.5) is 0 Å². The van der Waals surface area contributed by atoms with Gasteiger partial charge in [0.1, 0.15) is 0 Å². The average molecular weight is 267 g/mol. The van der Waals surface area contributed by atoms with E-state index in [4.69, 9.17) is 0 Å². The van der Waals surface area contributed by atoms with Gasteiger partial charge in [-0.15, -0.1) is 0 Å². The van der Waals surface area contributed by atoms with Crippen molar-refractivity contribution in [3.05, 3.63) is 70.4 Å². The maximum Gasteiger partial charge on any atom is 0.0358 e. The molecule has 2 aromatic carbocycles. The highest BCUT2D eigenvalue weighted by Crippen LogP contribution is 2.23. The number of rotatable bonds is 4. The van der Waals surface area contributed by atoms with E-state index in [1.54, 1.807) is 11.3 Å². The molecule has 1 atom stereocenters. The third kappa shape index (κ3) is 2.70. The van der Waals surface area contributed by atoms with Crippen LogP contribution in [0, 0.1) is 0 Å². The van der Waals surface area contributed by atoms with Gasteiger partial charge in [-0.2, -0.15) is 11.3 Å². The Kier molecular flexibility index (Phi) is 3.62. The molecule has 1 N–H and O–H groups in total. The van der Waals surface area contributed by atoms with Crippen molar-refractivity contribution in [3.63, 3.8) is 0 Å². The highest BCUT2D eigenvalue weighted by molar-refractivity contribution is 7.07. The lowest BCUT2D eigenvalue weighted by Gasteiger charge is -2.16. The van der Waals surface area contributed by atoms with Crippen molar-refractivity contribution in [3.8, 4) is 0 Å². The van der Waals surface area contributed by atoms with Gasteiger partial charge in [0.2, 0.25) is 0 Å². The summed E-state index contributed by atoms with van der Waals surface area (Å²) < 4.78 is 0. The van der Waals surface area contributed by atoms with Crippen LogP contribution in [0.15, 0.2) is 59.3 Å². The molecule has 0 aliphatic rings. The van der Waals surface area contributed by atoms with Crippen molar-refractivity contribution >= 4 is 22.1 Å². The minimum absolute atomic E-state index is 0.374. The molecule has 0 aliphatic heterocycles. The Morgan fingerprint density at radius 3 is 2.63 bits per heavy atom. The van der Waals surface area contributed by atoms with Crippen LogP contribution in [0.25, 0.3) is 10.8 Å². The minimum atomic E-state index is 0.374. The Morgan fingerprint density at radius 2 is 1.89 bits per heavy atom. The van der Waals surface area contributed by atoms with E-state index < -0.39 is 0 Å². The zero-order valence-corrected chi connectivity index (χ0v) is 11.8. The number of nitrogens with one attached hydrogen (secondary N) is 1. The van der Waals surface area contributed by atoms with E-state index in [2.05, 4.69) is 64.6 Å². The predicted molar refractivity (Wildman–Crippen MR) is 83.8 cm³/mol. The maximum atomic E-state index is 3.43. The molecule has 0 fully saturated rings. The third-order valence-electron chi connectivity index (χ3n) is 3.54. The number of hydrogen-bond donors (Lipinski definition) is 1. The summed E-state index contributed by atoms with van der Waals surface area (Å²) in [5, 5.41) is 10.4. The van der Waals surface area contributed by atoms with Crippen LogP contribution in [0.5, 0.6) is 0 Å². The van der Waals surface area contributed by atoms with Gasteiger partial charge in [0, 0.05) is 6.04 Å². The van der Waals surface area contributed by atoms with Crippen LogP contribution in [0.1, 0.15) is 17.2 Å². The summed E-state index contributed by atoms with van der Waals surface area (Å²) in [6.45, 7) is 0. The molecule has 1 unspecified atom stereocenters. The lowest BCUT2D eigenvalue weighted by Crippen LogP contribution is -2.18. The second-order valence-electron chi connectivity index (χ2n) is 4.78. The fraction of sp³-hybridized carbons (Fsp3) is 0.176. The summed E-state index contributed by atoms with van der Waals surface area (Å²) in [6, 6.07) is 17.8. The fourth-order valence-electron chi connectivity index (χ4n) is 2.46. The van der Waals surface area contributed by atoms with Crippen LogP contribution < -0.4 is 5.32 Å². The van der Waals surface area contributed by atoms with Gasteiger partial charge < -0.3 is 5.32 Å². The van der Waals surface area contributed by atoms with Gasteiger partial charge in [-0.3, -0.25) is 0 Å². The Bertz CT molecular complexity index is 658. The molecule has 0 aliphatic carbocycles. The van der Waals surface area contributed by atoms with Gasteiger partial charge in [0.15, 0.2) is 0 Å². The Morgan fingerprint density at radius 1 is 1.05 bits per heavy atom. The van der Waals surface area contributed by atoms with Crippen molar-refractivity contribution in [2.24, 2.45) is 0 Å². The van der Waals surface area contributed by atoms with Gasteiger partial charge in [-0.25, -0.2) is 0 Å². The number of thiophene rings is 1. The molecule has 1 aromatic heterocycles. The molecule has 0 radical (unpaired) electrons. The van der Waals surface area contributed by atoms with Gasteiger partial charge in [-0.05, 0) is 58.3 Å². The highest BCUT2D eigenvalue weighted by atomic mass is 32.1. The molecule has 0 spiro atoms. The predicted octanol–water partition coefficient (Wildman–Crippen LogP) is 4.40. The molecular formula is C17H17NS. The molecular weight excluding hydrogens is 250 g/mol. The van der Waals surface area contributed by atoms with Crippen molar-refractivity contribution in [1.82, 2.24) is 5.32 Å². The number of benzene rings is 2. The van der Waals surface area contributed by atoms with Crippen LogP contribution in [-0.4, -0.2) is 7.05 Å². The van der Waals surface area contributed by atoms with Crippen molar-refractivity contribution < 1.29 is 0 Å². The maximum absolute atomic E-state index is 3.43. The van der Waals surface area contributed by atoms with E-state index in [0.29, 0.717) is 6.04 Å². The van der Waals surface area contributed by atoms with Crippen LogP contribution in [-0.2, 0) is 6.42 Å². The van der Waals surface area contributed by atoms with Crippen LogP contribution in [0.3, 0.4) is 0 Å². The molecule has 0 saturated heterocycles. The van der Waals surface area contributed by atoms with E-state index in [1.165, 1.54) is 21.9 Å². The normalized spacial score (nSPS) is 12.7. The van der Waals surface area contributed by atoms with E-state index in [9.17, 15) is 0 Å². The Hall–Kier alpha value is -1.64. The molecule has 3 aromatic rings. The summed E-state index contributed by atoms with van der Waals surface area (Å²) in [7, 11) is 2.03. The summed E-state index contributed by atoms with van der Waals surface area (Å²) in [4.78, 5) is 0. The lowest BCUT2D eigenvalue weighted by molar-refractivity contribution is 0.593.